The molecular formula is C25H28N3O3PS. The highest BCUT2D eigenvalue weighted by atomic mass is 32.1. The first-order valence-electron chi connectivity index (χ1n) is 11.1. The van der Waals surface area contributed by atoms with Crippen molar-refractivity contribution in [1.82, 2.24) is 4.90 Å². The number of hydrogen-bond donors (Lipinski definition) is 2. The third kappa shape index (κ3) is 5.55. The number of hydrogen-bond acceptors (Lipinski definition) is 5. The monoisotopic (exact) mass is 481 g/mol. The molecule has 6 nitrogen and oxygen atoms in total. The van der Waals surface area contributed by atoms with Crippen LogP contribution in [0, 0.1) is 0 Å². The Morgan fingerprint density at radius 3 is 2.45 bits per heavy atom. The van der Waals surface area contributed by atoms with Crippen LogP contribution in [0.4, 0.5) is 11.4 Å². The second-order valence-corrected chi connectivity index (χ2v) is 12.9. The Morgan fingerprint density at radius 1 is 1.09 bits per heavy atom. The van der Waals surface area contributed by atoms with Crippen molar-refractivity contribution in [1.29, 1.82) is 0 Å². The van der Waals surface area contributed by atoms with Gasteiger partial charge in [-0.3, -0.25) is 9.59 Å². The lowest BCUT2D eigenvalue weighted by Gasteiger charge is -2.32. The number of anilines is 2. The van der Waals surface area contributed by atoms with Crippen LogP contribution in [0.2, 0.25) is 0 Å². The molecule has 1 aromatic heterocycles. The molecule has 3 aromatic rings. The molecule has 0 bridgehead atoms. The lowest BCUT2D eigenvalue weighted by Crippen LogP contribution is -2.40. The fourth-order valence-electron chi connectivity index (χ4n) is 3.91. The second-order valence-electron chi connectivity index (χ2n) is 8.31. The van der Waals surface area contributed by atoms with Gasteiger partial charge in [-0.1, -0.05) is 31.2 Å². The van der Waals surface area contributed by atoms with Gasteiger partial charge in [0, 0.05) is 35.9 Å². The van der Waals surface area contributed by atoms with Crippen molar-refractivity contribution >= 4 is 41.7 Å². The minimum absolute atomic E-state index is 0.0349. The van der Waals surface area contributed by atoms with E-state index in [2.05, 4.69) is 5.32 Å². The van der Waals surface area contributed by atoms with Crippen molar-refractivity contribution in [3.8, 4) is 10.4 Å². The summed E-state index contributed by atoms with van der Waals surface area (Å²) >= 11 is 1.62. The number of thiophene rings is 1. The minimum atomic E-state index is -2.07. The maximum absolute atomic E-state index is 12.8. The molecule has 33 heavy (non-hydrogen) atoms. The third-order valence-electron chi connectivity index (χ3n) is 6.16. The van der Waals surface area contributed by atoms with Gasteiger partial charge in [-0.05, 0) is 53.0 Å². The smallest absolute Gasteiger partial charge is 0.255 e. The molecule has 0 radical (unpaired) electrons. The van der Waals surface area contributed by atoms with E-state index >= 15 is 0 Å². The lowest BCUT2D eigenvalue weighted by atomic mass is 10.1. The zero-order valence-electron chi connectivity index (χ0n) is 18.6. The van der Waals surface area contributed by atoms with Crippen LogP contribution in [0.25, 0.3) is 10.4 Å². The number of benzene rings is 2. The molecule has 8 heteroatoms. The van der Waals surface area contributed by atoms with Crippen LogP contribution in [-0.4, -0.2) is 48.3 Å². The van der Waals surface area contributed by atoms with Gasteiger partial charge in [0.05, 0.1) is 24.9 Å². The number of carbonyl (C=O) groups excluding carboxylic acids is 2. The molecule has 4 rings (SSSR count). The molecule has 0 aliphatic carbocycles. The van der Waals surface area contributed by atoms with E-state index in [1.807, 2.05) is 36.6 Å². The largest absolute Gasteiger partial charge is 0.397 e. The number of rotatable bonds is 6. The first-order chi connectivity index (χ1) is 15.9. The molecule has 3 N–H and O–H groups in total. The van der Waals surface area contributed by atoms with E-state index in [4.69, 9.17) is 5.73 Å². The second kappa shape index (κ2) is 9.94. The van der Waals surface area contributed by atoms with Crippen molar-refractivity contribution in [2.24, 2.45) is 0 Å². The Bertz CT molecular complexity index is 1180. The van der Waals surface area contributed by atoms with Crippen molar-refractivity contribution in [3.63, 3.8) is 0 Å². The number of nitrogens with two attached hydrogens (primary N) is 1. The highest BCUT2D eigenvalue weighted by Crippen LogP contribution is 2.46. The summed E-state index contributed by atoms with van der Waals surface area (Å²) in [5.74, 6) is -0.220. The van der Waals surface area contributed by atoms with Gasteiger partial charge >= 0.3 is 0 Å². The predicted octanol–water partition coefficient (Wildman–Crippen LogP) is 5.02. The first-order valence-corrected chi connectivity index (χ1v) is 14.2. The lowest BCUT2D eigenvalue weighted by molar-refractivity contribution is -0.130. The Balaban J connectivity index is 1.37. The number of amides is 2. The SMILES string of the molecule is CCP1(=O)CCN(C(=O)Cc2ccc(C(=O)Nc3cc(-c4cccs4)ccc3N)cc2)CC1. The van der Waals surface area contributed by atoms with Gasteiger partial charge in [0.25, 0.3) is 5.91 Å². The summed E-state index contributed by atoms with van der Waals surface area (Å²) in [7, 11) is -2.07. The maximum atomic E-state index is 12.8. The minimum Gasteiger partial charge on any atom is -0.397 e. The number of nitrogens with zero attached hydrogens (tertiary/aromatic N) is 1. The van der Waals surface area contributed by atoms with Crippen LogP contribution in [-0.2, 0) is 15.8 Å². The Morgan fingerprint density at radius 2 is 1.82 bits per heavy atom. The van der Waals surface area contributed by atoms with Gasteiger partial charge in [-0.15, -0.1) is 11.3 Å². The van der Waals surface area contributed by atoms with E-state index in [1.54, 1.807) is 46.6 Å². The Kier molecular flexibility index (Phi) is 7.01. The molecule has 1 saturated heterocycles. The van der Waals surface area contributed by atoms with Gasteiger partial charge in [0.1, 0.15) is 0 Å². The van der Waals surface area contributed by atoms with E-state index in [-0.39, 0.29) is 18.2 Å². The van der Waals surface area contributed by atoms with Crippen LogP contribution in [0.15, 0.2) is 60.0 Å². The molecule has 0 saturated carbocycles. The first kappa shape index (κ1) is 23.3. The van der Waals surface area contributed by atoms with Gasteiger partial charge < -0.3 is 20.5 Å². The van der Waals surface area contributed by atoms with Gasteiger partial charge in [-0.2, -0.15) is 0 Å². The van der Waals surface area contributed by atoms with Crippen LogP contribution in [0.1, 0.15) is 22.8 Å². The zero-order valence-corrected chi connectivity index (χ0v) is 20.3. The van der Waals surface area contributed by atoms with E-state index in [9.17, 15) is 14.2 Å². The molecule has 0 spiro atoms. The molecule has 0 unspecified atom stereocenters. The van der Waals surface area contributed by atoms with E-state index in [1.165, 1.54) is 0 Å². The zero-order chi connectivity index (χ0) is 23.4. The van der Waals surface area contributed by atoms with Gasteiger partial charge in [0.15, 0.2) is 0 Å². The topological polar surface area (TPSA) is 92.5 Å². The van der Waals surface area contributed by atoms with Crippen molar-refractivity contribution < 1.29 is 14.2 Å². The van der Waals surface area contributed by atoms with Crippen molar-refractivity contribution in [2.75, 3.05) is 42.6 Å². The molecule has 2 heterocycles. The molecule has 1 fully saturated rings. The fourth-order valence-corrected chi connectivity index (χ4v) is 6.70. The van der Waals surface area contributed by atoms with Crippen LogP contribution in [0.5, 0.6) is 0 Å². The summed E-state index contributed by atoms with van der Waals surface area (Å²) < 4.78 is 12.5. The maximum Gasteiger partial charge on any atom is 0.255 e. The molecule has 2 aromatic carbocycles. The quantitative estimate of drug-likeness (QED) is 0.382. The van der Waals surface area contributed by atoms with Crippen molar-refractivity contribution in [3.05, 3.63) is 71.1 Å². The molecular weight excluding hydrogens is 453 g/mol. The molecule has 2 amide bonds. The normalized spacial score (nSPS) is 15.2. The highest BCUT2D eigenvalue weighted by molar-refractivity contribution is 7.64. The molecule has 172 valence electrons. The molecule has 1 aliphatic heterocycles. The average molecular weight is 482 g/mol. The summed E-state index contributed by atoms with van der Waals surface area (Å²) in [6.07, 6.45) is 2.22. The Labute approximate surface area is 198 Å². The summed E-state index contributed by atoms with van der Waals surface area (Å²) in [5.41, 5.74) is 9.48. The van der Waals surface area contributed by atoms with E-state index in [0.717, 1.165) is 16.0 Å². The summed E-state index contributed by atoms with van der Waals surface area (Å²) in [5, 5.41) is 4.90. The van der Waals surface area contributed by atoms with Crippen LogP contribution < -0.4 is 11.1 Å². The third-order valence-corrected chi connectivity index (χ3v) is 10.3. The molecule has 0 atom stereocenters. The van der Waals surface area contributed by atoms with Crippen molar-refractivity contribution in [2.45, 2.75) is 13.3 Å². The number of nitrogen functional groups attached to an aromatic ring is 1. The van der Waals surface area contributed by atoms with Gasteiger partial charge in [-0.25, -0.2) is 0 Å². The predicted molar refractivity (Wildman–Crippen MR) is 137 cm³/mol. The summed E-state index contributed by atoms with van der Waals surface area (Å²) in [4.78, 5) is 28.3. The van der Waals surface area contributed by atoms with Crippen LogP contribution >= 0.6 is 18.5 Å². The standard InChI is InChI=1S/C25H28N3O3PS/c1-2-32(31)13-11-28(12-14-32)24(29)16-18-5-7-19(8-6-18)25(30)27-22-17-20(9-10-21(22)26)23-4-3-15-33-23/h3-10,15,17H,2,11-14,16,26H2,1H3,(H,27,30). The summed E-state index contributed by atoms with van der Waals surface area (Å²) in [6, 6.07) is 16.7. The summed E-state index contributed by atoms with van der Waals surface area (Å²) in [6.45, 7) is 3.09. The van der Waals surface area contributed by atoms with E-state index < -0.39 is 7.14 Å². The van der Waals surface area contributed by atoms with E-state index in [0.29, 0.717) is 48.5 Å². The number of nitrogens with one attached hydrogen (secondary N) is 1. The van der Waals surface area contributed by atoms with Gasteiger partial charge in [0.2, 0.25) is 5.91 Å². The fraction of sp³-hybridized carbons (Fsp3) is 0.280. The Hall–Kier alpha value is -2.89. The van der Waals surface area contributed by atoms with Crippen LogP contribution in [0.3, 0.4) is 0 Å². The molecule has 1 aliphatic rings. The highest BCUT2D eigenvalue weighted by Gasteiger charge is 2.29. The average Bonchev–Trinajstić information content (AvgIpc) is 3.36. The number of carbonyl (C=O) groups is 2.